The Morgan fingerprint density at radius 3 is 2.71 bits per heavy atom. The van der Waals surface area contributed by atoms with Crippen LogP contribution >= 0.6 is 0 Å². The van der Waals surface area contributed by atoms with Crippen LogP contribution in [0.4, 0.5) is 0 Å². The van der Waals surface area contributed by atoms with Crippen LogP contribution in [0.3, 0.4) is 0 Å². The Morgan fingerprint density at radius 2 is 1.96 bits per heavy atom. The third kappa shape index (κ3) is 4.01. The third-order valence-corrected chi connectivity index (χ3v) is 5.65. The summed E-state index contributed by atoms with van der Waals surface area (Å²) in [6.45, 7) is 9.98. The van der Waals surface area contributed by atoms with E-state index in [9.17, 15) is 0 Å². The van der Waals surface area contributed by atoms with Gasteiger partial charge in [-0.1, -0.05) is 0 Å². The van der Waals surface area contributed by atoms with E-state index in [0.717, 1.165) is 57.9 Å². The molecule has 0 spiro atoms. The van der Waals surface area contributed by atoms with E-state index >= 15 is 0 Å². The molecule has 3 heterocycles. The number of hydrogen-bond acceptors (Lipinski definition) is 4. The number of nitrogens with zero attached hydrogens (tertiary/aromatic N) is 3. The zero-order valence-electron chi connectivity index (χ0n) is 15.0. The molecule has 2 aliphatic heterocycles. The van der Waals surface area contributed by atoms with Gasteiger partial charge in [-0.3, -0.25) is 9.58 Å². The van der Waals surface area contributed by atoms with Gasteiger partial charge in [0.05, 0.1) is 12.3 Å². The van der Waals surface area contributed by atoms with Crippen molar-refractivity contribution in [3.8, 4) is 0 Å². The van der Waals surface area contributed by atoms with Crippen LogP contribution in [-0.4, -0.2) is 54.2 Å². The Labute approximate surface area is 145 Å². The van der Waals surface area contributed by atoms with E-state index in [1.54, 1.807) is 0 Å². The Balaban J connectivity index is 1.45. The first-order valence-corrected chi connectivity index (χ1v) is 9.76. The predicted octanol–water partition coefficient (Wildman–Crippen LogP) is 2.66. The normalized spacial score (nSPS) is 25.8. The highest BCUT2D eigenvalue weighted by Crippen LogP contribution is 2.33. The molecule has 4 rings (SSSR count). The van der Waals surface area contributed by atoms with Gasteiger partial charge in [-0.15, -0.1) is 0 Å². The second kappa shape index (κ2) is 7.54. The average molecular weight is 333 g/mol. The van der Waals surface area contributed by atoms with Crippen molar-refractivity contribution < 1.29 is 9.47 Å². The van der Waals surface area contributed by atoms with Gasteiger partial charge in [-0.25, -0.2) is 0 Å². The van der Waals surface area contributed by atoms with E-state index in [0.29, 0.717) is 5.92 Å². The molecule has 5 heteroatoms. The summed E-state index contributed by atoms with van der Waals surface area (Å²) in [7, 11) is 0. The molecule has 1 saturated heterocycles. The number of ether oxygens (including phenoxy) is 2. The lowest BCUT2D eigenvalue weighted by molar-refractivity contribution is 0.0444. The van der Waals surface area contributed by atoms with Crippen molar-refractivity contribution >= 4 is 0 Å². The summed E-state index contributed by atoms with van der Waals surface area (Å²) >= 11 is 0. The lowest BCUT2D eigenvalue weighted by Crippen LogP contribution is -2.39. The van der Waals surface area contributed by atoms with Crippen LogP contribution in [0, 0.1) is 11.8 Å². The van der Waals surface area contributed by atoms with Crippen LogP contribution in [0.15, 0.2) is 6.20 Å². The number of hydrogen-bond donors (Lipinski definition) is 0. The fourth-order valence-corrected chi connectivity index (χ4v) is 4.13. The van der Waals surface area contributed by atoms with Gasteiger partial charge >= 0.3 is 0 Å². The molecule has 2 fully saturated rings. The highest BCUT2D eigenvalue weighted by atomic mass is 16.5. The molecule has 0 N–H and O–H groups in total. The lowest BCUT2D eigenvalue weighted by Gasteiger charge is -2.35. The van der Waals surface area contributed by atoms with Gasteiger partial charge in [0.1, 0.15) is 0 Å². The molecule has 0 radical (unpaired) electrons. The maximum Gasteiger partial charge on any atom is 0.0736 e. The van der Waals surface area contributed by atoms with E-state index in [4.69, 9.17) is 14.6 Å². The topological polar surface area (TPSA) is 39.5 Å². The van der Waals surface area contributed by atoms with Crippen molar-refractivity contribution in [3.63, 3.8) is 0 Å². The molecule has 24 heavy (non-hydrogen) atoms. The van der Waals surface area contributed by atoms with E-state index in [2.05, 4.69) is 22.7 Å². The van der Waals surface area contributed by atoms with Crippen LogP contribution in [0.25, 0.3) is 0 Å². The molecule has 1 aliphatic carbocycles. The molecule has 134 valence electrons. The van der Waals surface area contributed by atoms with Gasteiger partial charge in [0.15, 0.2) is 0 Å². The lowest BCUT2D eigenvalue weighted by atomic mass is 9.94. The number of fused-ring (bicyclic) bond motifs is 1. The minimum atomic E-state index is 0.425. The largest absolute Gasteiger partial charge is 0.381 e. The van der Waals surface area contributed by atoms with Gasteiger partial charge in [-0.05, 0) is 44.4 Å². The summed E-state index contributed by atoms with van der Waals surface area (Å²) in [5, 5.41) is 4.94. The third-order valence-electron chi connectivity index (χ3n) is 5.65. The first kappa shape index (κ1) is 16.6. The van der Waals surface area contributed by atoms with Crippen molar-refractivity contribution in [2.24, 2.45) is 11.8 Å². The van der Waals surface area contributed by atoms with Gasteiger partial charge in [-0.2, -0.15) is 5.10 Å². The van der Waals surface area contributed by atoms with Crippen LogP contribution in [-0.2, 0) is 22.6 Å². The Kier molecular flexibility index (Phi) is 5.20. The molecule has 0 bridgehead atoms. The van der Waals surface area contributed by atoms with Crippen molar-refractivity contribution in [2.75, 3.05) is 39.5 Å². The van der Waals surface area contributed by atoms with Crippen LogP contribution in [0.2, 0.25) is 0 Å². The highest BCUT2D eigenvalue weighted by Gasteiger charge is 2.31. The molecular weight excluding hydrogens is 302 g/mol. The smallest absolute Gasteiger partial charge is 0.0736 e. The molecule has 5 nitrogen and oxygen atoms in total. The van der Waals surface area contributed by atoms with Gasteiger partial charge in [0.2, 0.25) is 0 Å². The van der Waals surface area contributed by atoms with Crippen molar-refractivity contribution in [2.45, 2.75) is 51.6 Å². The standard InChI is InChI=1S/C19H31N3O2/c1-2-23-14-18-12-21(9-16-5-7-24-8-6-16)11-17-13-22(20-19(17)18)10-15-3-4-15/h13,15-16,18H,2-12,14H2,1H3. The number of rotatable bonds is 7. The van der Waals surface area contributed by atoms with Gasteiger partial charge in [0.25, 0.3) is 0 Å². The summed E-state index contributed by atoms with van der Waals surface area (Å²) in [4.78, 5) is 2.63. The first-order chi connectivity index (χ1) is 11.8. The van der Waals surface area contributed by atoms with E-state index in [1.807, 2.05) is 0 Å². The molecule has 1 unspecified atom stereocenters. The average Bonchev–Trinajstić information content (AvgIpc) is 3.31. The molecule has 3 aliphatic rings. The van der Waals surface area contributed by atoms with Crippen molar-refractivity contribution in [3.05, 3.63) is 17.5 Å². The van der Waals surface area contributed by atoms with Crippen LogP contribution < -0.4 is 0 Å². The highest BCUT2D eigenvalue weighted by molar-refractivity contribution is 5.25. The summed E-state index contributed by atoms with van der Waals surface area (Å²) < 4.78 is 13.5. The Bertz CT molecular complexity index is 535. The van der Waals surface area contributed by atoms with Gasteiger partial charge < -0.3 is 9.47 Å². The summed E-state index contributed by atoms with van der Waals surface area (Å²) in [6.07, 6.45) is 7.48. The quantitative estimate of drug-likeness (QED) is 0.769. The molecule has 1 atom stereocenters. The maximum absolute atomic E-state index is 5.77. The minimum Gasteiger partial charge on any atom is -0.381 e. The molecule has 0 amide bonds. The van der Waals surface area contributed by atoms with Crippen molar-refractivity contribution in [1.29, 1.82) is 0 Å². The fourth-order valence-electron chi connectivity index (χ4n) is 4.13. The van der Waals surface area contributed by atoms with Gasteiger partial charge in [0, 0.05) is 63.7 Å². The van der Waals surface area contributed by atoms with E-state index in [1.165, 1.54) is 43.5 Å². The molecular formula is C19H31N3O2. The number of aromatic nitrogens is 2. The molecule has 1 aromatic heterocycles. The summed E-state index contributed by atoms with van der Waals surface area (Å²) in [5.74, 6) is 2.08. The zero-order chi connectivity index (χ0) is 16.4. The summed E-state index contributed by atoms with van der Waals surface area (Å²) in [6, 6.07) is 0. The molecule has 0 aromatic carbocycles. The Morgan fingerprint density at radius 1 is 1.17 bits per heavy atom. The second-order valence-corrected chi connectivity index (χ2v) is 7.81. The minimum absolute atomic E-state index is 0.425. The summed E-state index contributed by atoms with van der Waals surface area (Å²) in [5.41, 5.74) is 2.73. The van der Waals surface area contributed by atoms with E-state index < -0.39 is 0 Å². The van der Waals surface area contributed by atoms with Crippen LogP contribution in [0.1, 0.15) is 49.8 Å². The maximum atomic E-state index is 5.77. The van der Waals surface area contributed by atoms with Crippen molar-refractivity contribution in [1.82, 2.24) is 14.7 Å². The molecule has 1 aromatic rings. The monoisotopic (exact) mass is 333 g/mol. The second-order valence-electron chi connectivity index (χ2n) is 7.81. The zero-order valence-corrected chi connectivity index (χ0v) is 15.0. The van der Waals surface area contributed by atoms with E-state index in [-0.39, 0.29) is 0 Å². The first-order valence-electron chi connectivity index (χ1n) is 9.76. The SMILES string of the molecule is CCOCC1CN(CC2CCOCC2)Cc2cn(CC3CC3)nc21. The Hall–Kier alpha value is -0.910. The predicted molar refractivity (Wildman–Crippen MR) is 93.0 cm³/mol. The molecule has 1 saturated carbocycles. The fraction of sp³-hybridized carbons (Fsp3) is 0.842. The van der Waals surface area contributed by atoms with Crippen LogP contribution in [0.5, 0.6) is 0 Å².